The fraction of sp³-hybridized carbons (Fsp3) is 0.235. The van der Waals surface area contributed by atoms with E-state index in [9.17, 15) is 14.9 Å². The summed E-state index contributed by atoms with van der Waals surface area (Å²) in [6.07, 6.45) is 1.35. The van der Waals surface area contributed by atoms with Crippen LogP contribution in [0.4, 0.5) is 17.2 Å². The van der Waals surface area contributed by atoms with E-state index in [1.807, 2.05) is 0 Å². The molecule has 0 radical (unpaired) electrons. The van der Waals surface area contributed by atoms with Crippen LogP contribution >= 0.6 is 22.9 Å². The third-order valence-electron chi connectivity index (χ3n) is 3.84. The van der Waals surface area contributed by atoms with Crippen LogP contribution in [-0.4, -0.2) is 41.2 Å². The number of rotatable bonds is 7. The normalized spacial score (nSPS) is 10.8. The number of carbonyl (C=O) groups is 1. The van der Waals surface area contributed by atoms with E-state index in [1.165, 1.54) is 36.9 Å². The van der Waals surface area contributed by atoms with Crippen LogP contribution < -0.4 is 5.32 Å². The molecule has 9 nitrogen and oxygen atoms in total. The summed E-state index contributed by atoms with van der Waals surface area (Å²) in [5, 5.41) is 14.8. The monoisotopic (exact) mass is 422 g/mol. The number of ether oxygens (including phenoxy) is 2. The lowest BCUT2D eigenvalue weighted by molar-refractivity contribution is -0.384. The maximum Gasteiger partial charge on any atom is 0.348 e. The van der Waals surface area contributed by atoms with Crippen LogP contribution in [0.1, 0.15) is 15.2 Å². The number of nitrogens with one attached hydrogen (secondary N) is 1. The molecule has 3 rings (SSSR count). The Morgan fingerprint density at radius 3 is 2.86 bits per heavy atom. The Balaban J connectivity index is 1.96. The Morgan fingerprint density at radius 1 is 1.36 bits per heavy atom. The zero-order valence-corrected chi connectivity index (χ0v) is 16.5. The van der Waals surface area contributed by atoms with Gasteiger partial charge in [0, 0.05) is 18.9 Å². The third kappa shape index (κ3) is 4.03. The van der Waals surface area contributed by atoms with E-state index >= 15 is 0 Å². The van der Waals surface area contributed by atoms with Crippen LogP contribution in [0.3, 0.4) is 0 Å². The SMILES string of the molecule is COCCOC(=O)c1sc2ncnc(Nc3ccc(Cl)c([N+](=O)[O-])c3)c2c1C. The number of anilines is 2. The average Bonchev–Trinajstić information content (AvgIpc) is 3.01. The lowest BCUT2D eigenvalue weighted by Crippen LogP contribution is -2.09. The molecule has 0 atom stereocenters. The van der Waals surface area contributed by atoms with Crippen molar-refractivity contribution in [3.05, 3.63) is 50.1 Å². The maximum absolute atomic E-state index is 12.3. The Morgan fingerprint density at radius 2 is 2.14 bits per heavy atom. The van der Waals surface area contributed by atoms with E-state index in [1.54, 1.807) is 13.0 Å². The number of benzene rings is 1. The highest BCUT2D eigenvalue weighted by molar-refractivity contribution is 7.20. The standard InChI is InChI=1S/C17H15ClN4O5S/c1-9-13-15(21-10-3-4-11(18)12(7-10)22(24)25)19-8-20-16(13)28-14(9)17(23)27-6-5-26-2/h3-4,7-8H,5-6H2,1-2H3,(H,19,20,21). The smallest absolute Gasteiger partial charge is 0.348 e. The van der Waals surface area contributed by atoms with Crippen molar-refractivity contribution in [2.45, 2.75) is 6.92 Å². The number of halogens is 1. The topological polar surface area (TPSA) is 116 Å². The summed E-state index contributed by atoms with van der Waals surface area (Å²) in [7, 11) is 1.52. The fourth-order valence-electron chi connectivity index (χ4n) is 2.51. The molecule has 0 amide bonds. The second-order valence-corrected chi connectivity index (χ2v) is 7.04. The number of hydrogen-bond donors (Lipinski definition) is 1. The first-order valence-corrected chi connectivity index (χ1v) is 9.23. The zero-order valence-electron chi connectivity index (χ0n) is 14.9. The molecular formula is C17H15ClN4O5S. The molecule has 0 unspecified atom stereocenters. The van der Waals surface area contributed by atoms with Crippen LogP contribution in [0.15, 0.2) is 24.5 Å². The predicted octanol–water partition coefficient (Wildman–Crippen LogP) is 4.11. The number of nitrogens with zero attached hydrogens (tertiary/aromatic N) is 3. The number of fused-ring (bicyclic) bond motifs is 1. The molecule has 0 saturated carbocycles. The van der Waals surface area contributed by atoms with Gasteiger partial charge in [-0.25, -0.2) is 14.8 Å². The van der Waals surface area contributed by atoms with Gasteiger partial charge < -0.3 is 14.8 Å². The molecule has 0 fully saturated rings. The van der Waals surface area contributed by atoms with Crippen molar-refractivity contribution < 1.29 is 19.2 Å². The first kappa shape index (κ1) is 19.9. The molecule has 0 spiro atoms. The van der Waals surface area contributed by atoms with Gasteiger partial charge in [-0.05, 0) is 24.6 Å². The molecule has 0 saturated heterocycles. The molecule has 2 heterocycles. The molecule has 0 aliphatic carbocycles. The van der Waals surface area contributed by atoms with E-state index in [2.05, 4.69) is 15.3 Å². The summed E-state index contributed by atoms with van der Waals surface area (Å²) in [5.41, 5.74) is 0.876. The van der Waals surface area contributed by atoms with Crippen LogP contribution in [0.25, 0.3) is 10.2 Å². The quantitative estimate of drug-likeness (QED) is 0.261. The molecular weight excluding hydrogens is 408 g/mol. The fourth-order valence-corrected chi connectivity index (χ4v) is 3.74. The van der Waals surface area contributed by atoms with E-state index in [4.69, 9.17) is 21.1 Å². The van der Waals surface area contributed by atoms with E-state index < -0.39 is 10.9 Å². The van der Waals surface area contributed by atoms with Crippen molar-refractivity contribution in [3.63, 3.8) is 0 Å². The molecule has 3 aromatic rings. The summed E-state index contributed by atoms with van der Waals surface area (Å²) in [5.74, 6) is -0.0445. The Labute approximate surface area is 168 Å². The van der Waals surface area contributed by atoms with Gasteiger partial charge in [-0.1, -0.05) is 11.6 Å². The predicted molar refractivity (Wildman–Crippen MR) is 106 cm³/mol. The molecule has 11 heteroatoms. The number of aromatic nitrogens is 2. The van der Waals surface area contributed by atoms with Crippen molar-refractivity contribution >= 4 is 56.3 Å². The van der Waals surface area contributed by atoms with Crippen LogP contribution in [0, 0.1) is 17.0 Å². The largest absolute Gasteiger partial charge is 0.459 e. The number of thiophene rings is 1. The number of aryl methyl sites for hydroxylation is 1. The van der Waals surface area contributed by atoms with Crippen molar-refractivity contribution in [2.75, 3.05) is 25.6 Å². The summed E-state index contributed by atoms with van der Waals surface area (Å²) >= 11 is 7.04. The van der Waals surface area contributed by atoms with Gasteiger partial charge in [-0.3, -0.25) is 10.1 Å². The van der Waals surface area contributed by atoms with Gasteiger partial charge in [0.2, 0.25) is 0 Å². The second-order valence-electron chi connectivity index (χ2n) is 5.64. The number of nitro groups is 1. The van der Waals surface area contributed by atoms with Crippen LogP contribution in [0.5, 0.6) is 0 Å². The van der Waals surface area contributed by atoms with Crippen molar-refractivity contribution in [1.82, 2.24) is 9.97 Å². The number of methoxy groups -OCH3 is 1. The Bertz CT molecular complexity index is 1060. The molecule has 0 bridgehead atoms. The molecule has 1 aromatic carbocycles. The van der Waals surface area contributed by atoms with Gasteiger partial charge >= 0.3 is 5.97 Å². The first-order chi connectivity index (χ1) is 13.4. The van der Waals surface area contributed by atoms with E-state index in [0.717, 1.165) is 0 Å². The minimum absolute atomic E-state index is 0.0381. The number of nitro benzene ring substituents is 1. The highest BCUT2D eigenvalue weighted by Gasteiger charge is 2.21. The number of esters is 1. The molecule has 1 N–H and O–H groups in total. The van der Waals surface area contributed by atoms with E-state index in [-0.39, 0.29) is 17.3 Å². The summed E-state index contributed by atoms with van der Waals surface area (Å²) in [6.45, 7) is 2.22. The Kier molecular flexibility index (Phi) is 6.02. The molecule has 0 aliphatic rings. The van der Waals surface area contributed by atoms with Crippen molar-refractivity contribution in [3.8, 4) is 0 Å². The number of carbonyl (C=O) groups excluding carboxylic acids is 1. The van der Waals surface area contributed by atoms with Crippen LogP contribution in [-0.2, 0) is 9.47 Å². The second kappa shape index (κ2) is 8.46. The lowest BCUT2D eigenvalue weighted by atomic mass is 10.2. The minimum atomic E-state index is -0.562. The van der Waals surface area contributed by atoms with Crippen LogP contribution in [0.2, 0.25) is 5.02 Å². The van der Waals surface area contributed by atoms with Gasteiger partial charge in [0.05, 0.1) is 16.9 Å². The summed E-state index contributed by atoms with van der Waals surface area (Å²) < 4.78 is 10.1. The minimum Gasteiger partial charge on any atom is -0.459 e. The maximum atomic E-state index is 12.3. The van der Waals surface area contributed by atoms with Crippen molar-refractivity contribution in [2.24, 2.45) is 0 Å². The third-order valence-corrected chi connectivity index (χ3v) is 5.34. The average molecular weight is 423 g/mol. The van der Waals surface area contributed by atoms with Gasteiger partial charge in [-0.2, -0.15) is 0 Å². The molecule has 146 valence electrons. The number of hydrogen-bond acceptors (Lipinski definition) is 9. The van der Waals surface area contributed by atoms with Gasteiger partial charge in [0.1, 0.15) is 33.5 Å². The highest BCUT2D eigenvalue weighted by Crippen LogP contribution is 2.36. The summed E-state index contributed by atoms with van der Waals surface area (Å²) in [6, 6.07) is 4.35. The zero-order chi connectivity index (χ0) is 20.3. The lowest BCUT2D eigenvalue weighted by Gasteiger charge is -2.08. The Hall–Kier alpha value is -2.82. The molecule has 0 aliphatic heterocycles. The van der Waals surface area contributed by atoms with Gasteiger partial charge in [0.25, 0.3) is 5.69 Å². The van der Waals surface area contributed by atoms with Gasteiger partial charge in [-0.15, -0.1) is 11.3 Å². The summed E-state index contributed by atoms with van der Waals surface area (Å²) in [4.78, 5) is 32.3. The molecule has 2 aromatic heterocycles. The molecule has 28 heavy (non-hydrogen) atoms. The van der Waals surface area contributed by atoms with Gasteiger partial charge in [0.15, 0.2) is 0 Å². The first-order valence-electron chi connectivity index (χ1n) is 8.03. The highest BCUT2D eigenvalue weighted by atomic mass is 35.5. The van der Waals surface area contributed by atoms with E-state index in [0.29, 0.717) is 38.8 Å². The van der Waals surface area contributed by atoms with Crippen molar-refractivity contribution in [1.29, 1.82) is 0 Å².